The fourth-order valence-corrected chi connectivity index (χ4v) is 3.59. The van der Waals surface area contributed by atoms with E-state index in [9.17, 15) is 4.79 Å². The molecule has 2 heterocycles. The van der Waals surface area contributed by atoms with Crippen LogP contribution in [0.2, 0.25) is 0 Å². The van der Waals surface area contributed by atoms with Crippen LogP contribution in [0.5, 0.6) is 0 Å². The van der Waals surface area contributed by atoms with E-state index < -0.39 is 0 Å². The van der Waals surface area contributed by atoms with Crippen molar-refractivity contribution in [3.8, 4) is 5.69 Å². The average molecular weight is 349 g/mol. The minimum Gasteiger partial charge on any atom is -0.349 e. The Labute approximate surface area is 152 Å². The molecule has 6 nitrogen and oxygen atoms in total. The normalized spacial score (nSPS) is 16.2. The number of hydrogen-bond acceptors (Lipinski definition) is 4. The highest BCUT2D eigenvalue weighted by Gasteiger charge is 2.16. The van der Waals surface area contributed by atoms with Gasteiger partial charge in [0, 0.05) is 17.8 Å². The Morgan fingerprint density at radius 3 is 2.69 bits per heavy atom. The summed E-state index contributed by atoms with van der Waals surface area (Å²) in [7, 11) is 0. The first-order valence-electron chi connectivity index (χ1n) is 9.39. The smallest absolute Gasteiger partial charge is 0.251 e. The van der Waals surface area contributed by atoms with Gasteiger partial charge in [0.15, 0.2) is 5.65 Å². The molecule has 6 heteroatoms. The maximum absolute atomic E-state index is 12.7. The number of amides is 1. The van der Waals surface area contributed by atoms with Crippen molar-refractivity contribution in [1.29, 1.82) is 0 Å². The number of carbonyl (C=O) groups excluding carboxylic acids is 1. The predicted octanol–water partition coefficient (Wildman–Crippen LogP) is 3.66. The van der Waals surface area contributed by atoms with Crippen LogP contribution in [0, 0.1) is 0 Å². The summed E-state index contributed by atoms with van der Waals surface area (Å²) in [6, 6.07) is 11.5. The van der Waals surface area contributed by atoms with Gasteiger partial charge in [0.25, 0.3) is 5.91 Å². The zero-order chi connectivity index (χ0) is 17.8. The summed E-state index contributed by atoms with van der Waals surface area (Å²) in [5, 5.41) is 11.5. The number of aromatic nitrogens is 4. The predicted molar refractivity (Wildman–Crippen MR) is 100 cm³/mol. The summed E-state index contributed by atoms with van der Waals surface area (Å²) in [5.41, 5.74) is 2.85. The largest absolute Gasteiger partial charge is 0.349 e. The molecule has 1 aliphatic rings. The molecule has 1 N–H and O–H groups in total. The molecule has 0 spiro atoms. The van der Waals surface area contributed by atoms with Crippen molar-refractivity contribution in [2.75, 3.05) is 0 Å². The first-order valence-corrected chi connectivity index (χ1v) is 9.39. The van der Waals surface area contributed by atoms with Gasteiger partial charge < -0.3 is 5.32 Å². The van der Waals surface area contributed by atoms with Crippen LogP contribution in [0.25, 0.3) is 16.9 Å². The van der Waals surface area contributed by atoms with Gasteiger partial charge in [-0.1, -0.05) is 43.4 Å². The molecule has 1 aliphatic carbocycles. The molecule has 0 radical (unpaired) electrons. The topological polar surface area (TPSA) is 72.7 Å². The standard InChI is InChI=1S/C20H23N5O/c26-20(22-16-9-4-2-1-3-5-10-16)15-8-6-11-17(14-15)25-19-18(23-24-25)12-7-13-21-19/h6-8,11-14,16H,1-5,9-10H2,(H,22,26). The Morgan fingerprint density at radius 2 is 1.85 bits per heavy atom. The highest BCUT2D eigenvalue weighted by atomic mass is 16.1. The molecule has 1 aromatic carbocycles. The molecule has 134 valence electrons. The zero-order valence-corrected chi connectivity index (χ0v) is 14.8. The zero-order valence-electron chi connectivity index (χ0n) is 14.8. The fourth-order valence-electron chi connectivity index (χ4n) is 3.59. The third kappa shape index (κ3) is 3.59. The molecule has 26 heavy (non-hydrogen) atoms. The Morgan fingerprint density at radius 1 is 1.04 bits per heavy atom. The first-order chi connectivity index (χ1) is 12.8. The number of nitrogens with one attached hydrogen (secondary N) is 1. The summed E-state index contributed by atoms with van der Waals surface area (Å²) in [4.78, 5) is 17.1. The van der Waals surface area contributed by atoms with Gasteiger partial charge in [-0.2, -0.15) is 4.68 Å². The lowest BCUT2D eigenvalue weighted by molar-refractivity contribution is 0.0930. The molecule has 0 atom stereocenters. The van der Waals surface area contributed by atoms with Crippen LogP contribution in [-0.4, -0.2) is 31.9 Å². The number of pyridine rings is 1. The average Bonchev–Trinajstić information content (AvgIpc) is 3.08. The number of hydrogen-bond donors (Lipinski definition) is 1. The van der Waals surface area contributed by atoms with E-state index in [1.54, 1.807) is 10.9 Å². The number of rotatable bonds is 3. The first kappa shape index (κ1) is 16.7. The Balaban J connectivity index is 1.54. The third-order valence-corrected chi connectivity index (χ3v) is 5.00. The van der Waals surface area contributed by atoms with Crippen LogP contribution in [0.15, 0.2) is 42.6 Å². The van der Waals surface area contributed by atoms with E-state index in [1.165, 1.54) is 32.1 Å². The minimum atomic E-state index is -0.0187. The Bertz CT molecular complexity index is 896. The lowest BCUT2D eigenvalue weighted by Gasteiger charge is -2.21. The van der Waals surface area contributed by atoms with Crippen molar-refractivity contribution < 1.29 is 4.79 Å². The van der Waals surface area contributed by atoms with E-state index >= 15 is 0 Å². The second-order valence-electron chi connectivity index (χ2n) is 6.91. The molecular formula is C20H23N5O. The third-order valence-electron chi connectivity index (χ3n) is 5.00. The highest BCUT2D eigenvalue weighted by molar-refractivity contribution is 5.95. The lowest BCUT2D eigenvalue weighted by atomic mass is 9.96. The van der Waals surface area contributed by atoms with E-state index in [-0.39, 0.29) is 11.9 Å². The van der Waals surface area contributed by atoms with Crippen molar-refractivity contribution in [3.63, 3.8) is 0 Å². The molecule has 0 bridgehead atoms. The van der Waals surface area contributed by atoms with E-state index in [0.29, 0.717) is 11.2 Å². The van der Waals surface area contributed by atoms with E-state index in [4.69, 9.17) is 0 Å². The number of fused-ring (bicyclic) bond motifs is 1. The van der Waals surface area contributed by atoms with Crippen molar-refractivity contribution in [2.45, 2.75) is 51.0 Å². The molecule has 4 rings (SSSR count). The maximum atomic E-state index is 12.7. The van der Waals surface area contributed by atoms with E-state index in [0.717, 1.165) is 24.0 Å². The van der Waals surface area contributed by atoms with Crippen LogP contribution in [0.3, 0.4) is 0 Å². The van der Waals surface area contributed by atoms with Gasteiger partial charge in [-0.25, -0.2) is 4.98 Å². The van der Waals surface area contributed by atoms with Gasteiger partial charge >= 0.3 is 0 Å². The van der Waals surface area contributed by atoms with Gasteiger partial charge in [0.1, 0.15) is 5.52 Å². The highest BCUT2D eigenvalue weighted by Crippen LogP contribution is 2.19. The van der Waals surface area contributed by atoms with Gasteiger partial charge in [-0.3, -0.25) is 4.79 Å². The van der Waals surface area contributed by atoms with Gasteiger partial charge in [-0.05, 0) is 43.2 Å². The Hall–Kier alpha value is -2.76. The van der Waals surface area contributed by atoms with Gasteiger partial charge in [0.05, 0.1) is 5.69 Å². The summed E-state index contributed by atoms with van der Waals surface area (Å²) in [5.74, 6) is -0.0187. The van der Waals surface area contributed by atoms with Crippen molar-refractivity contribution in [2.24, 2.45) is 0 Å². The maximum Gasteiger partial charge on any atom is 0.251 e. The van der Waals surface area contributed by atoms with Crippen LogP contribution in [-0.2, 0) is 0 Å². The minimum absolute atomic E-state index is 0.0187. The molecule has 1 saturated carbocycles. The molecule has 0 saturated heterocycles. The lowest BCUT2D eigenvalue weighted by Crippen LogP contribution is -2.35. The van der Waals surface area contributed by atoms with Crippen molar-refractivity contribution in [3.05, 3.63) is 48.2 Å². The van der Waals surface area contributed by atoms with Gasteiger partial charge in [-0.15, -0.1) is 5.10 Å². The van der Waals surface area contributed by atoms with Gasteiger partial charge in [0.2, 0.25) is 0 Å². The summed E-state index contributed by atoms with van der Waals surface area (Å²) in [6.07, 6.45) is 10.1. The molecule has 1 fully saturated rings. The number of nitrogens with zero attached hydrogens (tertiary/aromatic N) is 4. The number of carbonyl (C=O) groups is 1. The molecule has 0 aliphatic heterocycles. The monoisotopic (exact) mass is 349 g/mol. The molecule has 2 aromatic heterocycles. The van der Waals surface area contributed by atoms with Crippen molar-refractivity contribution in [1.82, 2.24) is 25.3 Å². The second kappa shape index (κ2) is 7.64. The van der Waals surface area contributed by atoms with E-state index in [2.05, 4.69) is 20.6 Å². The SMILES string of the molecule is O=C(NC1CCCCCCC1)c1cccc(-n2nnc3cccnc32)c1. The molecular weight excluding hydrogens is 326 g/mol. The van der Waals surface area contributed by atoms with Crippen molar-refractivity contribution >= 4 is 17.1 Å². The number of benzene rings is 1. The molecule has 0 unspecified atom stereocenters. The summed E-state index contributed by atoms with van der Waals surface area (Å²) < 4.78 is 1.67. The summed E-state index contributed by atoms with van der Waals surface area (Å²) >= 11 is 0. The molecule has 1 amide bonds. The van der Waals surface area contributed by atoms with Crippen LogP contribution >= 0.6 is 0 Å². The fraction of sp³-hybridized carbons (Fsp3) is 0.400. The van der Waals surface area contributed by atoms with Crippen LogP contribution < -0.4 is 5.32 Å². The van der Waals surface area contributed by atoms with Crippen LogP contribution in [0.1, 0.15) is 55.3 Å². The quantitative estimate of drug-likeness (QED) is 0.783. The molecule has 3 aromatic rings. The Kier molecular flexibility index (Phi) is 4.91. The van der Waals surface area contributed by atoms with E-state index in [1.807, 2.05) is 36.4 Å². The second-order valence-corrected chi connectivity index (χ2v) is 6.91. The van der Waals surface area contributed by atoms with Crippen LogP contribution in [0.4, 0.5) is 0 Å². The summed E-state index contributed by atoms with van der Waals surface area (Å²) in [6.45, 7) is 0.